The lowest BCUT2D eigenvalue weighted by Gasteiger charge is -2.44. The van der Waals surface area contributed by atoms with E-state index in [1.54, 1.807) is 0 Å². The topological polar surface area (TPSA) is 80.9 Å². The van der Waals surface area contributed by atoms with Gasteiger partial charge in [0.2, 0.25) is 0 Å². The Morgan fingerprint density at radius 2 is 0.381 bits per heavy atom. The van der Waals surface area contributed by atoms with Crippen LogP contribution in [-0.4, -0.2) is 20.4 Å². The monoisotopic (exact) mass is 1690 g/mol. The van der Waals surface area contributed by atoms with Crippen molar-refractivity contribution in [2.45, 2.75) is 420 Å². The van der Waals surface area contributed by atoms with Crippen molar-refractivity contribution in [3.63, 3.8) is 0 Å². The molecule has 4 heteroatoms. The van der Waals surface area contributed by atoms with E-state index >= 15 is 0 Å². The Morgan fingerprint density at radius 3 is 0.651 bits per heavy atom. The molecule has 4 N–H and O–H groups in total. The standard InChI is InChI=1S/C36H54O.C32H46O.C28H34O.C26H30O/c37-36-34(31-24-18-13-9-5-2-6-10-14-19-25-31)28-33(29-35(36)32-26-20-15-21-27-32)30-22-16-11-7-3-1-4-8-12-17-23-30;33-32-30(27-20-14-9-5-2-6-10-15-21-27)24-29(25-31(32)28-22-16-11-17-23-28)26-18-12-7-3-1-4-8-13-19-26;29-28-26(20-4-2-1-3-5-20)16-23(24-14-18-6-10-21(24)11-7-18)17-27(28)25-15-19-8-12-22(25)13-9-19;27-26-24(18-4-2-1-3-5-18)14-21(22-12-16-6-8-19(22)10-16)15-25(26)23-13-17-7-9-20(23)11-17/h15,20-21,26-31,37H,1-14,16-19,22-25H2;11,16-17,22-27,33H,1-10,12-15,18-21H2;1-5,16-19,21-22,24-25,29H,6-15H2;1-5,14-17,19-20,22-23,27H,6-13H2. The predicted octanol–water partition coefficient (Wildman–Crippen LogP) is 36.6. The summed E-state index contributed by atoms with van der Waals surface area (Å²) in [7, 11) is 0. The van der Waals surface area contributed by atoms with E-state index < -0.39 is 0 Å². The molecule has 0 spiro atoms. The van der Waals surface area contributed by atoms with Gasteiger partial charge in [0.15, 0.2) is 0 Å². The molecule has 8 atom stereocenters. The van der Waals surface area contributed by atoms with Gasteiger partial charge in [0, 0.05) is 22.3 Å². The second-order valence-electron chi connectivity index (χ2n) is 43.7. The molecule has 14 aliphatic rings. The molecule has 22 rings (SSSR count). The Morgan fingerprint density at radius 1 is 0.167 bits per heavy atom. The first-order valence-corrected chi connectivity index (χ1v) is 53.9. The minimum absolute atomic E-state index is 0.494. The van der Waals surface area contributed by atoms with Gasteiger partial charge in [-0.25, -0.2) is 0 Å². The number of benzene rings is 8. The second-order valence-corrected chi connectivity index (χ2v) is 43.7. The third-order valence-electron chi connectivity index (χ3n) is 35.5. The fourth-order valence-corrected chi connectivity index (χ4v) is 28.2. The normalized spacial score (nSPS) is 27.7. The maximum absolute atomic E-state index is 11.8. The van der Waals surface area contributed by atoms with Crippen LogP contribution in [0.25, 0.3) is 44.5 Å². The van der Waals surface area contributed by atoms with Crippen LogP contribution < -0.4 is 0 Å². The highest BCUT2D eigenvalue weighted by atomic mass is 16.3. The maximum Gasteiger partial charge on any atom is 0.126 e. The molecule has 0 amide bonds. The third kappa shape index (κ3) is 23.5. The molecule has 0 aliphatic heterocycles. The molecule has 4 nitrogen and oxygen atoms in total. The second kappa shape index (κ2) is 46.2. The molecule has 14 aliphatic carbocycles. The van der Waals surface area contributed by atoms with Crippen molar-refractivity contribution in [2.75, 3.05) is 0 Å². The molecule has 0 saturated heterocycles. The molecule has 0 radical (unpaired) electrons. The average Bonchev–Trinajstić information content (AvgIpc) is 1.41. The highest BCUT2D eigenvalue weighted by molar-refractivity contribution is 5.77. The Bertz CT molecular complexity index is 4560. The van der Waals surface area contributed by atoms with Gasteiger partial charge in [0.25, 0.3) is 0 Å². The van der Waals surface area contributed by atoms with Crippen molar-refractivity contribution < 1.29 is 20.4 Å². The van der Waals surface area contributed by atoms with Crippen LogP contribution in [0, 0.1) is 47.3 Å². The van der Waals surface area contributed by atoms with Gasteiger partial charge in [-0.05, 0) is 314 Å². The molecule has 14 saturated carbocycles. The van der Waals surface area contributed by atoms with E-state index in [0.717, 1.165) is 81.1 Å². The molecular weight excluding hydrogens is 1530 g/mol. The van der Waals surface area contributed by atoms with Gasteiger partial charge < -0.3 is 20.4 Å². The minimum atomic E-state index is 0.494. The summed E-state index contributed by atoms with van der Waals surface area (Å²) < 4.78 is 0. The summed E-state index contributed by atoms with van der Waals surface area (Å²) in [5.41, 5.74) is 20.1. The Labute approximate surface area is 764 Å². The van der Waals surface area contributed by atoms with E-state index in [1.165, 1.54) is 434 Å². The van der Waals surface area contributed by atoms with Gasteiger partial charge in [-0.2, -0.15) is 0 Å². The summed E-state index contributed by atoms with van der Waals surface area (Å²) >= 11 is 0. The molecular formula is C122H164O4. The van der Waals surface area contributed by atoms with Crippen molar-refractivity contribution in [1.82, 2.24) is 0 Å². The highest BCUT2D eigenvalue weighted by Crippen LogP contribution is 2.60. The SMILES string of the molecule is Oc1c(-c2ccccc2)cc(C2CC3CCC2C3)cc1C1CC2CCC1C2.Oc1c(-c2ccccc2)cc(C2CC3CCC2CC3)cc1C1CC2CCC1CC2.Oc1c(-c2ccccc2)cc(C2CCCCCCCCC2)cc1C1CCCCCCCCC1.Oc1c(-c2ccccc2)cc(C2CCCCCCCCCCC2)cc1C1CCCCCCCCCCC1. The Balaban J connectivity index is 0.000000119. The molecule has 8 bridgehead atoms. The lowest BCUT2D eigenvalue weighted by molar-refractivity contribution is 0.140. The van der Waals surface area contributed by atoms with E-state index in [2.05, 4.69) is 170 Å². The maximum atomic E-state index is 11.8. The van der Waals surface area contributed by atoms with Crippen LogP contribution in [0.5, 0.6) is 23.0 Å². The molecule has 8 aromatic carbocycles. The predicted molar refractivity (Wildman–Crippen MR) is 532 cm³/mol. The largest absolute Gasteiger partial charge is 0.507 e. The van der Waals surface area contributed by atoms with E-state index in [9.17, 15) is 20.4 Å². The number of rotatable bonds is 12. The number of aromatic hydroxyl groups is 4. The number of phenols is 4. The zero-order chi connectivity index (χ0) is 85.6. The summed E-state index contributed by atoms with van der Waals surface area (Å²) in [6.07, 6.45) is 79.4. The highest BCUT2D eigenvalue weighted by Gasteiger charge is 2.45. The van der Waals surface area contributed by atoms with E-state index in [-0.39, 0.29) is 0 Å². The van der Waals surface area contributed by atoms with Crippen LogP contribution in [0.15, 0.2) is 170 Å². The first-order chi connectivity index (χ1) is 62.2. The first kappa shape index (κ1) is 90.9. The zero-order valence-electron chi connectivity index (χ0n) is 78.2. The van der Waals surface area contributed by atoms with Crippen molar-refractivity contribution in [2.24, 2.45) is 47.3 Å². The first-order valence-electron chi connectivity index (χ1n) is 53.9. The third-order valence-corrected chi connectivity index (χ3v) is 35.5. The van der Waals surface area contributed by atoms with Gasteiger partial charge in [-0.15, -0.1) is 0 Å². The van der Waals surface area contributed by atoms with Crippen molar-refractivity contribution in [1.29, 1.82) is 0 Å². The van der Waals surface area contributed by atoms with Crippen LogP contribution in [0.3, 0.4) is 0 Å². The van der Waals surface area contributed by atoms with E-state index in [0.29, 0.717) is 64.4 Å². The number of fused-ring (bicyclic) bond motifs is 10. The molecule has 0 heterocycles. The summed E-state index contributed by atoms with van der Waals surface area (Å²) in [6, 6.07) is 61.8. The molecule has 126 heavy (non-hydrogen) atoms. The van der Waals surface area contributed by atoms with Gasteiger partial charge in [0.05, 0.1) is 0 Å². The molecule has 14 fully saturated rings. The number of phenolic OH excluding ortho intramolecular Hbond substituents is 4. The lowest BCUT2D eigenvalue weighted by Crippen LogP contribution is -2.31. The number of hydrogen-bond donors (Lipinski definition) is 4. The molecule has 8 unspecified atom stereocenters. The lowest BCUT2D eigenvalue weighted by atomic mass is 9.60. The van der Waals surface area contributed by atoms with E-state index in [1.807, 2.05) is 0 Å². The summed E-state index contributed by atoms with van der Waals surface area (Å²) in [5, 5.41) is 46.2. The fourth-order valence-electron chi connectivity index (χ4n) is 28.2. The molecule has 8 aromatic rings. The minimum Gasteiger partial charge on any atom is -0.507 e. The summed E-state index contributed by atoms with van der Waals surface area (Å²) in [5.74, 6) is 14.2. The van der Waals surface area contributed by atoms with Crippen molar-refractivity contribution in [3.05, 3.63) is 214 Å². The van der Waals surface area contributed by atoms with Crippen LogP contribution in [0.2, 0.25) is 0 Å². The van der Waals surface area contributed by atoms with Gasteiger partial charge in [0.1, 0.15) is 23.0 Å². The average molecular weight is 1690 g/mol. The van der Waals surface area contributed by atoms with Crippen molar-refractivity contribution >= 4 is 0 Å². The van der Waals surface area contributed by atoms with Crippen LogP contribution in [0.1, 0.15) is 464 Å². The Hall–Kier alpha value is -7.04. The van der Waals surface area contributed by atoms with Crippen LogP contribution in [0.4, 0.5) is 0 Å². The smallest absolute Gasteiger partial charge is 0.126 e. The fraction of sp³-hybridized carbons (Fsp3) is 0.607. The number of hydrogen-bond acceptors (Lipinski definition) is 4. The quantitative estimate of drug-likeness (QED) is 0.0983. The van der Waals surface area contributed by atoms with Gasteiger partial charge in [-0.1, -0.05) is 390 Å². The Kier molecular flexibility index (Phi) is 33.3. The van der Waals surface area contributed by atoms with Gasteiger partial charge in [-0.3, -0.25) is 0 Å². The van der Waals surface area contributed by atoms with Crippen LogP contribution in [-0.2, 0) is 0 Å². The zero-order valence-corrected chi connectivity index (χ0v) is 78.2. The molecule has 676 valence electrons. The van der Waals surface area contributed by atoms with Crippen molar-refractivity contribution in [3.8, 4) is 67.5 Å². The summed E-state index contributed by atoms with van der Waals surface area (Å²) in [6.45, 7) is 0. The summed E-state index contributed by atoms with van der Waals surface area (Å²) in [4.78, 5) is 0. The van der Waals surface area contributed by atoms with Crippen LogP contribution >= 0.6 is 0 Å². The van der Waals surface area contributed by atoms with E-state index in [4.69, 9.17) is 0 Å². The molecule has 0 aromatic heterocycles. The van der Waals surface area contributed by atoms with Gasteiger partial charge >= 0.3 is 0 Å².